The van der Waals surface area contributed by atoms with Crippen LogP contribution in [0.2, 0.25) is 0 Å². The number of pyridine rings is 1. The Kier molecular flexibility index (Phi) is 7.45. The lowest BCUT2D eigenvalue weighted by molar-refractivity contribution is -0.347. The Hall–Kier alpha value is -3.36. The first-order valence-electron chi connectivity index (χ1n) is 13.3. The van der Waals surface area contributed by atoms with Gasteiger partial charge in [0.05, 0.1) is 19.0 Å². The molecule has 2 aromatic rings. The third kappa shape index (κ3) is 5.24. The Morgan fingerprint density at radius 1 is 1.10 bits per heavy atom. The molecule has 41 heavy (non-hydrogen) atoms. The van der Waals surface area contributed by atoms with E-state index >= 15 is 0 Å². The minimum absolute atomic E-state index is 0.105. The van der Waals surface area contributed by atoms with Gasteiger partial charge in [0.2, 0.25) is 11.8 Å². The van der Waals surface area contributed by atoms with Gasteiger partial charge in [-0.3, -0.25) is 14.7 Å². The van der Waals surface area contributed by atoms with Crippen LogP contribution in [-0.2, 0) is 4.79 Å². The van der Waals surface area contributed by atoms with E-state index < -0.39 is 48.3 Å². The number of alkyl halides is 5. The van der Waals surface area contributed by atoms with Crippen molar-refractivity contribution in [3.8, 4) is 17.1 Å². The van der Waals surface area contributed by atoms with Crippen LogP contribution in [-0.4, -0.2) is 79.9 Å². The molecule has 2 aliphatic heterocycles. The second-order valence-corrected chi connectivity index (χ2v) is 11.0. The molecule has 1 saturated carbocycles. The zero-order valence-electron chi connectivity index (χ0n) is 22.0. The molecule has 0 aromatic carbocycles. The highest BCUT2D eigenvalue weighted by Gasteiger charge is 2.69. The number of nitrogens with one attached hydrogen (secondary N) is 2. The Balaban J connectivity index is 1.19. The molecule has 2 amide bonds. The molecule has 224 valence electrons. The maximum absolute atomic E-state index is 14.3. The number of hydrogen-bond donors (Lipinski definition) is 3. The number of aromatic nitrogens is 3. The van der Waals surface area contributed by atoms with Crippen molar-refractivity contribution in [3.05, 3.63) is 29.8 Å². The molecular weight excluding hydrogens is 560 g/mol. The van der Waals surface area contributed by atoms with Crippen LogP contribution >= 0.6 is 0 Å². The van der Waals surface area contributed by atoms with E-state index in [-0.39, 0.29) is 59.6 Å². The smallest absolute Gasteiger partial charge is 0.456 e. The average Bonchev–Trinajstić information content (AvgIpc) is 3.51. The molecule has 5 rings (SSSR count). The van der Waals surface area contributed by atoms with Gasteiger partial charge in [-0.1, -0.05) is 0 Å². The number of nitrogens with zero attached hydrogens (tertiary/aromatic N) is 3. The summed E-state index contributed by atoms with van der Waals surface area (Å²) in [6.07, 6.45) is -4.87. The summed E-state index contributed by atoms with van der Waals surface area (Å²) >= 11 is 0. The molecule has 2 saturated heterocycles. The van der Waals surface area contributed by atoms with Gasteiger partial charge in [0.1, 0.15) is 11.3 Å². The first kappa shape index (κ1) is 29.1. The molecule has 1 aliphatic carbocycles. The van der Waals surface area contributed by atoms with Gasteiger partial charge in [-0.05, 0) is 57.4 Å². The molecule has 2 bridgehead atoms. The third-order valence-corrected chi connectivity index (χ3v) is 8.56. The second kappa shape index (κ2) is 10.5. The summed E-state index contributed by atoms with van der Waals surface area (Å²) < 4.78 is 85.3. The number of amides is 2. The molecule has 2 atom stereocenters. The van der Waals surface area contributed by atoms with Gasteiger partial charge in [-0.2, -0.15) is 27.1 Å². The van der Waals surface area contributed by atoms with E-state index in [9.17, 15) is 41.0 Å². The fraction of sp³-hybridized carbons (Fsp3) is 0.615. The molecule has 2 aromatic heterocycles. The Morgan fingerprint density at radius 3 is 2.32 bits per heavy atom. The molecule has 3 aliphatic rings. The average molecular weight is 590 g/mol. The van der Waals surface area contributed by atoms with Crippen molar-refractivity contribution in [3.63, 3.8) is 0 Å². The van der Waals surface area contributed by atoms with Gasteiger partial charge in [0.25, 0.3) is 5.91 Å². The van der Waals surface area contributed by atoms with E-state index in [2.05, 4.69) is 20.5 Å². The summed E-state index contributed by atoms with van der Waals surface area (Å²) in [7, 11) is 1.39. The van der Waals surface area contributed by atoms with E-state index in [4.69, 9.17) is 4.74 Å². The Bertz CT molecular complexity index is 1300. The first-order valence-corrected chi connectivity index (χ1v) is 13.3. The van der Waals surface area contributed by atoms with Crippen molar-refractivity contribution in [2.24, 2.45) is 5.92 Å². The molecule has 0 radical (unpaired) electrons. The van der Waals surface area contributed by atoms with E-state index in [0.717, 1.165) is 6.20 Å². The highest BCUT2D eigenvalue weighted by molar-refractivity contribution is 5.94. The first-order chi connectivity index (χ1) is 19.2. The number of fused-ring (bicyclic) bond motifs is 2. The SMILES string of the molecule is COc1cc(-c2cc(C(=O)N3[C@H]4CC[C@H]3CC(C(=O)NC3CCC(O)(C(F)(F)C(F)(F)F)CC3)C4)[nH]n2)c(F)cn1. The van der Waals surface area contributed by atoms with Crippen molar-refractivity contribution in [2.45, 2.75) is 87.2 Å². The number of methoxy groups -OCH3 is 1. The second-order valence-electron chi connectivity index (χ2n) is 11.0. The number of hydrogen-bond acceptors (Lipinski definition) is 6. The third-order valence-electron chi connectivity index (χ3n) is 8.56. The summed E-state index contributed by atoms with van der Waals surface area (Å²) in [6.45, 7) is 0. The van der Waals surface area contributed by atoms with Crippen LogP contribution in [0.4, 0.5) is 26.3 Å². The number of ether oxygens (including phenoxy) is 1. The molecule has 3 N–H and O–H groups in total. The van der Waals surface area contributed by atoms with Crippen LogP contribution in [0.3, 0.4) is 0 Å². The van der Waals surface area contributed by atoms with Gasteiger partial charge in [-0.25, -0.2) is 9.37 Å². The number of piperidine rings is 1. The lowest BCUT2D eigenvalue weighted by Gasteiger charge is -2.42. The van der Waals surface area contributed by atoms with Gasteiger partial charge in [0, 0.05) is 35.7 Å². The summed E-state index contributed by atoms with van der Waals surface area (Å²) in [6, 6.07) is 1.67. The number of aliphatic hydroxyl groups is 1. The fourth-order valence-corrected chi connectivity index (χ4v) is 6.30. The lowest BCUT2D eigenvalue weighted by atomic mass is 9.77. The molecule has 0 unspecified atom stereocenters. The molecule has 15 heteroatoms. The zero-order chi connectivity index (χ0) is 29.7. The maximum Gasteiger partial charge on any atom is 0.456 e. The summed E-state index contributed by atoms with van der Waals surface area (Å²) in [5.74, 6) is -6.86. The normalized spacial score (nSPS) is 28.4. The number of carbonyl (C=O) groups is 2. The molecule has 9 nitrogen and oxygen atoms in total. The predicted molar refractivity (Wildman–Crippen MR) is 130 cm³/mol. The van der Waals surface area contributed by atoms with Gasteiger partial charge >= 0.3 is 12.1 Å². The van der Waals surface area contributed by atoms with Crippen molar-refractivity contribution in [1.82, 2.24) is 25.4 Å². The number of aromatic amines is 1. The maximum atomic E-state index is 14.3. The van der Waals surface area contributed by atoms with Crippen LogP contribution in [0, 0.1) is 11.7 Å². The van der Waals surface area contributed by atoms with Gasteiger partial charge in [0.15, 0.2) is 5.82 Å². The van der Waals surface area contributed by atoms with Crippen molar-refractivity contribution < 1.29 is 45.8 Å². The van der Waals surface area contributed by atoms with E-state index in [0.29, 0.717) is 25.7 Å². The molecule has 4 heterocycles. The summed E-state index contributed by atoms with van der Waals surface area (Å²) in [5, 5.41) is 19.5. The van der Waals surface area contributed by atoms with E-state index in [1.807, 2.05) is 0 Å². The quantitative estimate of drug-likeness (QED) is 0.439. The Morgan fingerprint density at radius 2 is 1.73 bits per heavy atom. The minimum Gasteiger partial charge on any atom is -0.481 e. The van der Waals surface area contributed by atoms with E-state index in [1.54, 1.807) is 4.90 Å². The number of halogens is 6. The fourth-order valence-electron chi connectivity index (χ4n) is 6.30. The monoisotopic (exact) mass is 589 g/mol. The summed E-state index contributed by atoms with van der Waals surface area (Å²) in [4.78, 5) is 31.9. The topological polar surface area (TPSA) is 120 Å². The minimum atomic E-state index is -5.87. The van der Waals surface area contributed by atoms with Crippen LogP contribution in [0.5, 0.6) is 5.88 Å². The largest absolute Gasteiger partial charge is 0.481 e. The number of H-pyrrole nitrogens is 1. The standard InChI is InChI=1S/C26H29F6N5O4/c1-41-21-10-17(18(27)12-33-21)19-11-20(36-35-19)23(39)37-15-2-3-16(37)9-13(8-15)22(38)34-14-4-6-24(40,7-5-14)25(28,29)26(30,31)32/h10-16,40H,2-9H2,1H3,(H,34,38)(H,35,36)/t14?,15-,16-,24?/m0/s1. The van der Waals surface area contributed by atoms with Crippen LogP contribution < -0.4 is 10.1 Å². The van der Waals surface area contributed by atoms with Crippen LogP contribution in [0.25, 0.3) is 11.3 Å². The van der Waals surface area contributed by atoms with Crippen molar-refractivity contribution in [2.75, 3.05) is 7.11 Å². The summed E-state index contributed by atoms with van der Waals surface area (Å²) in [5.41, 5.74) is -2.76. The zero-order valence-corrected chi connectivity index (χ0v) is 22.0. The van der Waals surface area contributed by atoms with Gasteiger partial charge in [-0.15, -0.1) is 0 Å². The lowest BCUT2D eigenvalue weighted by Crippen LogP contribution is -2.60. The predicted octanol–water partition coefficient (Wildman–Crippen LogP) is 3.99. The number of carbonyl (C=O) groups excluding carboxylic acids is 2. The Labute approximate surface area is 230 Å². The molecule has 0 spiro atoms. The molecular formula is C26H29F6N5O4. The number of rotatable bonds is 6. The highest BCUT2D eigenvalue weighted by atomic mass is 19.4. The van der Waals surface area contributed by atoms with Gasteiger partial charge < -0.3 is 20.1 Å². The van der Waals surface area contributed by atoms with Crippen LogP contribution in [0.15, 0.2) is 18.3 Å². The molecule has 3 fully saturated rings. The van der Waals surface area contributed by atoms with E-state index in [1.165, 1.54) is 19.2 Å². The van der Waals surface area contributed by atoms with Crippen molar-refractivity contribution >= 4 is 11.8 Å². The highest BCUT2D eigenvalue weighted by Crippen LogP contribution is 2.49. The van der Waals surface area contributed by atoms with Crippen molar-refractivity contribution in [1.29, 1.82) is 0 Å². The van der Waals surface area contributed by atoms with Crippen LogP contribution in [0.1, 0.15) is 61.9 Å².